The lowest BCUT2D eigenvalue weighted by atomic mass is 10.0. The average molecular weight is 867 g/mol. The van der Waals surface area contributed by atoms with Gasteiger partial charge in [-0.3, -0.25) is 19.2 Å². The molecule has 2 aliphatic heterocycles. The number of rotatable bonds is 18. The monoisotopic (exact) mass is 867 g/mol. The normalized spacial score (nSPS) is 14.4. The summed E-state index contributed by atoms with van der Waals surface area (Å²) in [5.41, 5.74) is 3.05. The molecule has 2 saturated heterocycles. The zero-order valence-corrected chi connectivity index (χ0v) is 37.2. The van der Waals surface area contributed by atoms with Crippen molar-refractivity contribution in [3.63, 3.8) is 0 Å². The Morgan fingerprint density at radius 2 is 1.17 bits per heavy atom. The third kappa shape index (κ3) is 15.4. The summed E-state index contributed by atoms with van der Waals surface area (Å²) >= 11 is 0. The van der Waals surface area contributed by atoms with Crippen LogP contribution in [0.4, 0.5) is 20.4 Å². The maximum atomic E-state index is 13.3. The van der Waals surface area contributed by atoms with Crippen LogP contribution in [0.5, 0.6) is 0 Å². The van der Waals surface area contributed by atoms with Gasteiger partial charge in [-0.15, -0.1) is 0 Å². The molecule has 2 N–H and O–H groups in total. The van der Waals surface area contributed by atoms with Crippen LogP contribution in [0.2, 0.25) is 0 Å². The molecule has 2 fully saturated rings. The first-order chi connectivity index (χ1) is 30.5. The Kier molecular flexibility index (Phi) is 19.3. The molecule has 12 nitrogen and oxygen atoms in total. The molecule has 1 atom stereocenters. The number of piperazine rings is 2. The minimum absolute atomic E-state index is 0.00330. The highest BCUT2D eigenvalue weighted by molar-refractivity contribution is 5.94. The molecule has 4 amide bonds. The van der Waals surface area contributed by atoms with Crippen molar-refractivity contribution < 1.29 is 28.0 Å². The highest BCUT2D eigenvalue weighted by atomic mass is 19.2. The van der Waals surface area contributed by atoms with E-state index in [4.69, 9.17) is 0 Å². The van der Waals surface area contributed by atoms with E-state index in [1.54, 1.807) is 23.4 Å². The van der Waals surface area contributed by atoms with E-state index in [0.29, 0.717) is 74.7 Å². The summed E-state index contributed by atoms with van der Waals surface area (Å²) in [4.78, 5) is 66.2. The Morgan fingerprint density at radius 3 is 1.68 bits per heavy atom. The molecule has 63 heavy (non-hydrogen) atoms. The number of aryl methyl sites for hydroxylation is 2. The van der Waals surface area contributed by atoms with Crippen molar-refractivity contribution in [3.8, 4) is 0 Å². The van der Waals surface area contributed by atoms with Crippen molar-refractivity contribution in [1.29, 1.82) is 0 Å². The van der Waals surface area contributed by atoms with Crippen LogP contribution in [0.3, 0.4) is 0 Å². The third-order valence-corrected chi connectivity index (χ3v) is 11.6. The minimum Gasteiger partial charge on any atom is -0.353 e. The molecule has 0 saturated carbocycles. The lowest BCUT2D eigenvalue weighted by Gasteiger charge is -2.35. The predicted octanol–water partition coefficient (Wildman–Crippen LogP) is 7.09. The van der Waals surface area contributed by atoms with E-state index in [1.807, 2.05) is 29.2 Å². The van der Waals surface area contributed by atoms with Crippen molar-refractivity contribution in [2.24, 2.45) is 5.92 Å². The van der Waals surface area contributed by atoms with Gasteiger partial charge >= 0.3 is 0 Å². The van der Waals surface area contributed by atoms with Gasteiger partial charge < -0.3 is 30.2 Å². The molecular formula is C49H64F2N8O4. The van der Waals surface area contributed by atoms with Crippen LogP contribution in [0.1, 0.15) is 97.6 Å². The van der Waals surface area contributed by atoms with Gasteiger partial charge in [0.05, 0.1) is 11.1 Å². The number of carbonyl (C=O) groups excluding carboxylic acids is 4. The summed E-state index contributed by atoms with van der Waals surface area (Å²) in [5, 5.41) is 5.86. The Hall–Kier alpha value is -5.92. The number of benzene rings is 2. The largest absolute Gasteiger partial charge is 0.353 e. The van der Waals surface area contributed by atoms with Crippen molar-refractivity contribution in [3.05, 3.63) is 119 Å². The Morgan fingerprint density at radius 1 is 0.619 bits per heavy atom. The number of pyridine rings is 2. The first-order valence-corrected chi connectivity index (χ1v) is 22.6. The Balaban J connectivity index is 0.000000238. The Bertz CT molecular complexity index is 2040. The van der Waals surface area contributed by atoms with E-state index >= 15 is 0 Å². The second kappa shape index (κ2) is 25.3. The molecule has 14 heteroatoms. The van der Waals surface area contributed by atoms with Crippen molar-refractivity contribution in [2.75, 3.05) is 75.2 Å². The summed E-state index contributed by atoms with van der Waals surface area (Å²) in [6, 6.07) is 21.5. The number of nitrogens with one attached hydrogen (secondary N) is 2. The minimum atomic E-state index is -0.893. The van der Waals surface area contributed by atoms with Gasteiger partial charge in [0.25, 0.3) is 11.8 Å². The fourth-order valence-electron chi connectivity index (χ4n) is 7.34. The number of halogens is 2. The second-order valence-electron chi connectivity index (χ2n) is 16.3. The summed E-state index contributed by atoms with van der Waals surface area (Å²) in [5.74, 6) is 0.343. The highest BCUT2D eigenvalue weighted by Crippen LogP contribution is 2.18. The number of amides is 4. The molecule has 2 aromatic heterocycles. The molecule has 4 heterocycles. The zero-order chi connectivity index (χ0) is 45.0. The van der Waals surface area contributed by atoms with Crippen LogP contribution in [-0.4, -0.2) is 109 Å². The van der Waals surface area contributed by atoms with E-state index in [2.05, 4.69) is 75.4 Å². The molecule has 0 bridgehead atoms. The standard InChI is InChI=1S/C26H36N4O2.C23H28F2N4O2/c1-3-21(2)19-25(31)30-17-15-29(16-18-30)24-13-12-23(20-28-24)26(32)27-14-8-7-11-22-9-5-4-6-10-22;1-2-3-10-26-23(31)18-6-8-21(27-16-18)28-11-13-29(14-12-28)22(30)9-5-17-4-7-19(24)20(25)15-17/h4-6,9-10,12-13,20-21H,3,7-8,11,14-19H2,1-2H3,(H,27,32);4,6-8,15-16H,2-3,5,9-14H2,1H3,(H,26,31). The third-order valence-electron chi connectivity index (χ3n) is 11.6. The lowest BCUT2D eigenvalue weighted by molar-refractivity contribution is -0.132. The van der Waals surface area contributed by atoms with Crippen molar-refractivity contribution in [2.45, 2.75) is 78.6 Å². The Labute approximate surface area is 371 Å². The first-order valence-electron chi connectivity index (χ1n) is 22.6. The number of unbranched alkanes of at least 4 members (excludes halogenated alkanes) is 2. The molecular weight excluding hydrogens is 803 g/mol. The van der Waals surface area contributed by atoms with Crippen LogP contribution in [-0.2, 0) is 22.4 Å². The van der Waals surface area contributed by atoms with Crippen LogP contribution < -0.4 is 20.4 Å². The smallest absolute Gasteiger partial charge is 0.252 e. The molecule has 2 aromatic carbocycles. The van der Waals surface area contributed by atoms with Gasteiger partial charge in [-0.1, -0.05) is 70.0 Å². The van der Waals surface area contributed by atoms with Gasteiger partial charge in [-0.25, -0.2) is 18.7 Å². The molecule has 6 rings (SSSR count). The fourth-order valence-corrected chi connectivity index (χ4v) is 7.34. The number of carbonyl (C=O) groups is 4. The zero-order valence-electron chi connectivity index (χ0n) is 37.2. The summed E-state index contributed by atoms with van der Waals surface area (Å²) < 4.78 is 26.3. The number of anilines is 2. The maximum absolute atomic E-state index is 13.3. The van der Waals surface area contributed by atoms with E-state index in [1.165, 1.54) is 11.6 Å². The number of hydrogen-bond acceptors (Lipinski definition) is 8. The number of hydrogen-bond donors (Lipinski definition) is 2. The highest BCUT2D eigenvalue weighted by Gasteiger charge is 2.24. The van der Waals surface area contributed by atoms with Crippen LogP contribution in [0.25, 0.3) is 0 Å². The van der Waals surface area contributed by atoms with Crippen molar-refractivity contribution >= 4 is 35.3 Å². The van der Waals surface area contributed by atoms with E-state index in [0.717, 1.165) is 88.5 Å². The first kappa shape index (κ1) is 48.1. The summed E-state index contributed by atoms with van der Waals surface area (Å²) in [6.07, 6.45) is 10.5. The molecule has 4 aromatic rings. The molecule has 2 aliphatic rings. The topological polar surface area (TPSA) is 131 Å². The van der Waals surface area contributed by atoms with Crippen molar-refractivity contribution in [1.82, 2.24) is 30.4 Å². The van der Waals surface area contributed by atoms with Crippen LogP contribution in [0.15, 0.2) is 85.2 Å². The van der Waals surface area contributed by atoms with Gasteiger partial charge in [0.2, 0.25) is 11.8 Å². The summed E-state index contributed by atoms with van der Waals surface area (Å²) in [6.45, 7) is 13.1. The van der Waals surface area contributed by atoms with Gasteiger partial charge in [0, 0.05) is 90.7 Å². The molecule has 0 spiro atoms. The van der Waals surface area contributed by atoms with Gasteiger partial charge in [-0.2, -0.15) is 0 Å². The van der Waals surface area contributed by atoms with E-state index in [-0.39, 0.29) is 30.0 Å². The average Bonchev–Trinajstić information content (AvgIpc) is 3.32. The fraction of sp³-hybridized carbons (Fsp3) is 0.469. The lowest BCUT2D eigenvalue weighted by Crippen LogP contribution is -2.49. The van der Waals surface area contributed by atoms with Crippen LogP contribution in [0, 0.1) is 17.6 Å². The number of aromatic nitrogens is 2. The molecule has 0 aliphatic carbocycles. The second-order valence-corrected chi connectivity index (χ2v) is 16.3. The maximum Gasteiger partial charge on any atom is 0.252 e. The molecule has 1 unspecified atom stereocenters. The van der Waals surface area contributed by atoms with E-state index in [9.17, 15) is 28.0 Å². The number of nitrogens with zero attached hydrogens (tertiary/aromatic N) is 6. The van der Waals surface area contributed by atoms with Gasteiger partial charge in [0.15, 0.2) is 11.6 Å². The molecule has 338 valence electrons. The van der Waals surface area contributed by atoms with Crippen LogP contribution >= 0.6 is 0 Å². The molecule has 0 radical (unpaired) electrons. The van der Waals surface area contributed by atoms with E-state index < -0.39 is 11.6 Å². The van der Waals surface area contributed by atoms with Gasteiger partial charge in [0.1, 0.15) is 11.6 Å². The summed E-state index contributed by atoms with van der Waals surface area (Å²) in [7, 11) is 0. The van der Waals surface area contributed by atoms with Gasteiger partial charge in [-0.05, 0) is 85.5 Å². The predicted molar refractivity (Wildman–Crippen MR) is 244 cm³/mol. The SMILES string of the molecule is CCC(C)CC(=O)N1CCN(c2ccc(C(=O)NCCCCc3ccccc3)cn2)CC1.CCCCNC(=O)c1ccc(N2CCN(C(=O)CCc3ccc(F)c(F)c3)CC2)nc1. The quantitative estimate of drug-likeness (QED) is 0.102.